The fourth-order valence-corrected chi connectivity index (χ4v) is 2.08. The van der Waals surface area contributed by atoms with E-state index in [2.05, 4.69) is 15.1 Å². The molecule has 0 spiro atoms. The van der Waals surface area contributed by atoms with E-state index in [1.165, 1.54) is 25.3 Å². The average Bonchev–Trinajstić information content (AvgIpc) is 2.86. The third-order valence-electron chi connectivity index (χ3n) is 3.15. The maximum Gasteiger partial charge on any atom is 0.328 e. The van der Waals surface area contributed by atoms with Crippen molar-refractivity contribution in [3.63, 3.8) is 0 Å². The van der Waals surface area contributed by atoms with Gasteiger partial charge >= 0.3 is 5.97 Å². The highest BCUT2D eigenvalue weighted by molar-refractivity contribution is 5.98. The highest BCUT2D eigenvalue weighted by Crippen LogP contribution is 2.12. The summed E-state index contributed by atoms with van der Waals surface area (Å²) in [5, 5.41) is 17.5. The van der Waals surface area contributed by atoms with Gasteiger partial charge < -0.3 is 15.3 Å². The van der Waals surface area contributed by atoms with E-state index in [-0.39, 0.29) is 21.9 Å². The van der Waals surface area contributed by atoms with Gasteiger partial charge in [0.05, 0.1) is 7.11 Å². The van der Waals surface area contributed by atoms with Crippen LogP contribution in [-0.2, 0) is 9.53 Å². The minimum Gasteiger partial charge on any atom is -0.467 e. The van der Waals surface area contributed by atoms with Crippen molar-refractivity contribution in [2.24, 2.45) is 5.92 Å². The van der Waals surface area contributed by atoms with Gasteiger partial charge in [-0.1, -0.05) is 13.8 Å². The minimum atomic E-state index is -0.741. The Bertz CT molecular complexity index is 695. The molecule has 1 heterocycles. The van der Waals surface area contributed by atoms with Crippen LogP contribution in [0.1, 0.15) is 30.6 Å². The van der Waals surface area contributed by atoms with E-state index < -0.39 is 17.9 Å². The Kier molecular flexibility index (Phi) is 4.59. The molecule has 2 rings (SSSR count). The molecule has 0 bridgehead atoms. The van der Waals surface area contributed by atoms with Gasteiger partial charge in [0.1, 0.15) is 6.04 Å². The first-order chi connectivity index (χ1) is 10.4. The van der Waals surface area contributed by atoms with Crippen molar-refractivity contribution in [3.05, 3.63) is 29.0 Å². The second-order valence-electron chi connectivity index (χ2n) is 5.31. The maximum atomic E-state index is 12.3. The minimum absolute atomic E-state index is 0.145. The third kappa shape index (κ3) is 3.33. The van der Waals surface area contributed by atoms with E-state index in [1.54, 1.807) is 0 Å². The Morgan fingerprint density at radius 1 is 1.45 bits per heavy atom. The van der Waals surface area contributed by atoms with Gasteiger partial charge in [0.25, 0.3) is 5.91 Å². The van der Waals surface area contributed by atoms with Gasteiger partial charge in [0, 0.05) is 16.8 Å². The SMILES string of the molecule is COC(=O)[C@H](CC(C)C)NC(=O)c1ccc2no[n+]([O-])c2c1. The number of ether oxygens (including phenoxy) is 1. The molecule has 22 heavy (non-hydrogen) atoms. The number of aromatic nitrogens is 2. The fourth-order valence-electron chi connectivity index (χ4n) is 2.08. The van der Waals surface area contributed by atoms with Gasteiger partial charge in [-0.2, -0.15) is 0 Å². The zero-order valence-electron chi connectivity index (χ0n) is 12.5. The maximum absolute atomic E-state index is 12.3. The molecule has 0 saturated heterocycles. The highest BCUT2D eigenvalue weighted by Gasteiger charge is 2.24. The predicted octanol–water partition coefficient (Wildman–Crippen LogP) is 0.779. The number of fused-ring (bicyclic) bond motifs is 1. The lowest BCUT2D eigenvalue weighted by Crippen LogP contribution is -2.42. The second-order valence-corrected chi connectivity index (χ2v) is 5.31. The molecule has 1 amide bonds. The van der Waals surface area contributed by atoms with Gasteiger partial charge in [-0.25, -0.2) is 4.79 Å². The summed E-state index contributed by atoms with van der Waals surface area (Å²) in [7, 11) is 1.27. The Labute approximate surface area is 126 Å². The number of hydrogen-bond donors (Lipinski definition) is 1. The number of carbonyl (C=O) groups is 2. The Morgan fingerprint density at radius 2 is 2.18 bits per heavy atom. The molecule has 1 aromatic carbocycles. The smallest absolute Gasteiger partial charge is 0.328 e. The van der Waals surface area contributed by atoms with Gasteiger partial charge in [0.15, 0.2) is 0 Å². The number of nitrogens with one attached hydrogen (secondary N) is 1. The lowest BCUT2D eigenvalue weighted by atomic mass is 10.0. The van der Waals surface area contributed by atoms with Crippen LogP contribution in [0.2, 0.25) is 0 Å². The van der Waals surface area contributed by atoms with E-state index in [4.69, 9.17) is 4.74 Å². The zero-order chi connectivity index (χ0) is 16.3. The van der Waals surface area contributed by atoms with Crippen LogP contribution in [0.4, 0.5) is 0 Å². The fraction of sp³-hybridized carbons (Fsp3) is 0.429. The first-order valence-electron chi connectivity index (χ1n) is 6.80. The molecule has 1 N–H and O–H groups in total. The van der Waals surface area contributed by atoms with Crippen LogP contribution in [0.15, 0.2) is 22.8 Å². The van der Waals surface area contributed by atoms with E-state index >= 15 is 0 Å². The molecule has 0 aliphatic carbocycles. The Morgan fingerprint density at radius 3 is 2.82 bits per heavy atom. The summed E-state index contributed by atoms with van der Waals surface area (Å²) >= 11 is 0. The van der Waals surface area contributed by atoms with Crippen LogP contribution in [0, 0.1) is 11.1 Å². The van der Waals surface area contributed by atoms with Crippen molar-refractivity contribution in [1.29, 1.82) is 0 Å². The molecule has 8 heteroatoms. The van der Waals surface area contributed by atoms with Crippen LogP contribution in [-0.4, -0.2) is 30.2 Å². The largest absolute Gasteiger partial charge is 0.467 e. The summed E-state index contributed by atoms with van der Waals surface area (Å²) in [5.41, 5.74) is 0.724. The van der Waals surface area contributed by atoms with Crippen LogP contribution in [0.3, 0.4) is 0 Å². The second kappa shape index (κ2) is 6.42. The number of rotatable bonds is 5. The summed E-state index contributed by atoms with van der Waals surface area (Å²) in [6.07, 6.45) is 0.454. The van der Waals surface area contributed by atoms with Crippen molar-refractivity contribution in [1.82, 2.24) is 10.5 Å². The number of amides is 1. The highest BCUT2D eigenvalue weighted by atomic mass is 16.8. The molecule has 0 aliphatic heterocycles. The van der Waals surface area contributed by atoms with Gasteiger partial charge in [-0.3, -0.25) is 9.42 Å². The molecule has 1 atom stereocenters. The van der Waals surface area contributed by atoms with Crippen LogP contribution in [0.5, 0.6) is 0 Å². The van der Waals surface area contributed by atoms with Crippen LogP contribution < -0.4 is 10.2 Å². The van der Waals surface area contributed by atoms with Gasteiger partial charge in [0.2, 0.25) is 11.0 Å². The summed E-state index contributed by atoms with van der Waals surface area (Å²) in [4.78, 5) is 24.2. The summed E-state index contributed by atoms with van der Waals surface area (Å²) in [5.74, 6) is -0.778. The number of nitrogens with zero attached hydrogens (tertiary/aromatic N) is 2. The number of carbonyl (C=O) groups excluding carboxylic acids is 2. The number of hydrogen-bond acceptors (Lipinski definition) is 6. The summed E-state index contributed by atoms with van der Waals surface area (Å²) in [6.45, 7) is 3.87. The quantitative estimate of drug-likeness (QED) is 0.646. The average molecular weight is 307 g/mol. The molecule has 0 aliphatic rings. The van der Waals surface area contributed by atoms with Crippen LogP contribution in [0.25, 0.3) is 11.0 Å². The molecule has 2 aromatic rings. The topological polar surface area (TPSA) is 108 Å². The van der Waals surface area contributed by atoms with E-state index in [1.807, 2.05) is 13.8 Å². The van der Waals surface area contributed by atoms with Crippen LogP contribution >= 0.6 is 0 Å². The molecule has 0 radical (unpaired) electrons. The molecular weight excluding hydrogens is 290 g/mol. The Hall–Kier alpha value is -2.64. The molecule has 1 aromatic heterocycles. The van der Waals surface area contributed by atoms with E-state index in [0.29, 0.717) is 11.9 Å². The van der Waals surface area contributed by atoms with E-state index in [0.717, 1.165) is 0 Å². The summed E-state index contributed by atoms with van der Waals surface area (Å²) in [6, 6.07) is 3.62. The predicted molar refractivity (Wildman–Crippen MR) is 75.7 cm³/mol. The van der Waals surface area contributed by atoms with Crippen molar-refractivity contribution in [2.75, 3.05) is 7.11 Å². The molecule has 8 nitrogen and oxygen atoms in total. The molecule has 0 unspecified atom stereocenters. The lowest BCUT2D eigenvalue weighted by Gasteiger charge is -2.18. The van der Waals surface area contributed by atoms with Crippen molar-refractivity contribution < 1.29 is 23.9 Å². The number of methoxy groups -OCH3 is 1. The van der Waals surface area contributed by atoms with Crippen molar-refractivity contribution in [3.8, 4) is 0 Å². The zero-order valence-corrected chi connectivity index (χ0v) is 12.5. The number of esters is 1. The molecule has 0 saturated carbocycles. The first kappa shape index (κ1) is 15.7. The van der Waals surface area contributed by atoms with Gasteiger partial charge in [-0.15, -0.1) is 0 Å². The van der Waals surface area contributed by atoms with Crippen molar-refractivity contribution in [2.45, 2.75) is 26.3 Å². The first-order valence-corrected chi connectivity index (χ1v) is 6.80. The van der Waals surface area contributed by atoms with Crippen molar-refractivity contribution >= 4 is 22.9 Å². The molecule has 0 fully saturated rings. The third-order valence-corrected chi connectivity index (χ3v) is 3.15. The lowest BCUT2D eigenvalue weighted by molar-refractivity contribution is -0.782. The monoisotopic (exact) mass is 307 g/mol. The normalized spacial score (nSPS) is 12.4. The van der Waals surface area contributed by atoms with E-state index in [9.17, 15) is 14.8 Å². The molecular formula is C14H17N3O5. The summed E-state index contributed by atoms with van der Waals surface area (Å²) < 4.78 is 9.14. The number of benzene rings is 1. The van der Waals surface area contributed by atoms with Gasteiger partial charge in [-0.05, 0) is 29.4 Å². The molecule has 118 valence electrons. The Balaban J connectivity index is 2.20. The standard InChI is InChI=1S/C14H17N3O5/c1-8(2)6-11(14(19)21-3)15-13(18)9-4-5-10-12(7-9)17(20)22-16-10/h4-5,7-8,11H,6H2,1-3H3,(H,15,18)/t11-/m0/s1.